The average Bonchev–Trinajstić information content (AvgIpc) is 2.17. The molecule has 0 aliphatic carbocycles. The van der Waals surface area contributed by atoms with Crippen LogP contribution in [0.15, 0.2) is 18.2 Å². The SMILES string of the molecule is CS(=O)(=O)CS(=O)(=O)Nc1ccc(C#N)cc1N. The van der Waals surface area contributed by atoms with E-state index < -0.39 is 24.9 Å². The highest BCUT2D eigenvalue weighted by Gasteiger charge is 2.19. The maximum atomic E-state index is 11.5. The highest BCUT2D eigenvalue weighted by molar-refractivity contribution is 8.08. The third-order valence-electron chi connectivity index (χ3n) is 1.82. The zero-order valence-electron chi connectivity index (χ0n) is 9.41. The summed E-state index contributed by atoms with van der Waals surface area (Å²) in [6.45, 7) is 0. The highest BCUT2D eigenvalue weighted by atomic mass is 32.3. The van der Waals surface area contributed by atoms with Crippen LogP contribution in [0.2, 0.25) is 0 Å². The summed E-state index contributed by atoms with van der Waals surface area (Å²) in [5, 5.41) is 7.59. The largest absolute Gasteiger partial charge is 0.397 e. The van der Waals surface area contributed by atoms with Crippen LogP contribution in [0.25, 0.3) is 0 Å². The van der Waals surface area contributed by atoms with E-state index in [1.807, 2.05) is 6.07 Å². The lowest BCUT2D eigenvalue weighted by atomic mass is 10.2. The average molecular weight is 289 g/mol. The Kier molecular flexibility index (Phi) is 3.83. The number of sulfone groups is 1. The van der Waals surface area contributed by atoms with Crippen molar-refractivity contribution in [2.24, 2.45) is 0 Å². The van der Waals surface area contributed by atoms with Gasteiger partial charge in [-0.25, -0.2) is 16.8 Å². The molecular formula is C9H11N3O4S2. The Morgan fingerprint density at radius 1 is 1.33 bits per heavy atom. The molecular weight excluding hydrogens is 278 g/mol. The molecule has 0 amide bonds. The predicted octanol–water partition coefficient (Wildman–Crippen LogP) is -0.116. The van der Waals surface area contributed by atoms with Gasteiger partial charge in [0, 0.05) is 6.26 Å². The molecule has 3 N–H and O–H groups in total. The molecule has 0 spiro atoms. The van der Waals surface area contributed by atoms with Crippen molar-refractivity contribution >= 4 is 31.2 Å². The first-order valence-corrected chi connectivity index (χ1v) is 8.32. The Hall–Kier alpha value is -1.79. The van der Waals surface area contributed by atoms with E-state index in [0.29, 0.717) is 0 Å². The van der Waals surface area contributed by atoms with Crippen LogP contribution in [0.3, 0.4) is 0 Å². The van der Waals surface area contributed by atoms with Gasteiger partial charge in [-0.15, -0.1) is 0 Å². The number of benzene rings is 1. The summed E-state index contributed by atoms with van der Waals surface area (Å²) in [5.74, 6) is 0. The van der Waals surface area contributed by atoms with Crippen LogP contribution in [0.4, 0.5) is 11.4 Å². The van der Waals surface area contributed by atoms with Gasteiger partial charge < -0.3 is 5.73 Å². The Labute approximate surface area is 105 Å². The van der Waals surface area contributed by atoms with Crippen LogP contribution in [0, 0.1) is 11.3 Å². The van der Waals surface area contributed by atoms with Gasteiger partial charge in [-0.05, 0) is 18.2 Å². The molecule has 0 atom stereocenters. The van der Waals surface area contributed by atoms with Crippen molar-refractivity contribution in [2.75, 3.05) is 21.8 Å². The van der Waals surface area contributed by atoms with Crippen molar-refractivity contribution in [3.8, 4) is 6.07 Å². The molecule has 0 bridgehead atoms. The lowest BCUT2D eigenvalue weighted by molar-refractivity contribution is 0.595. The lowest BCUT2D eigenvalue weighted by Crippen LogP contribution is -2.22. The molecule has 1 aromatic rings. The van der Waals surface area contributed by atoms with E-state index >= 15 is 0 Å². The molecule has 18 heavy (non-hydrogen) atoms. The summed E-state index contributed by atoms with van der Waals surface area (Å²) < 4.78 is 46.9. The molecule has 0 heterocycles. The fourth-order valence-electron chi connectivity index (χ4n) is 1.20. The summed E-state index contributed by atoms with van der Waals surface area (Å²) in [6.07, 6.45) is 0.814. The van der Waals surface area contributed by atoms with E-state index in [2.05, 4.69) is 4.72 Å². The van der Waals surface area contributed by atoms with E-state index in [1.54, 1.807) is 0 Å². The lowest BCUT2D eigenvalue weighted by Gasteiger charge is -2.09. The molecule has 0 aliphatic rings. The molecule has 0 radical (unpaired) electrons. The van der Waals surface area contributed by atoms with Crippen LogP contribution in [-0.4, -0.2) is 28.2 Å². The monoisotopic (exact) mass is 289 g/mol. The number of nitrogen functional groups attached to an aromatic ring is 1. The number of rotatable bonds is 4. The van der Waals surface area contributed by atoms with Crippen molar-refractivity contribution in [1.29, 1.82) is 5.26 Å². The maximum absolute atomic E-state index is 11.5. The third kappa shape index (κ3) is 4.23. The molecule has 0 aromatic heterocycles. The Morgan fingerprint density at radius 2 is 1.94 bits per heavy atom. The minimum absolute atomic E-state index is 0.0395. The Bertz CT molecular complexity index is 702. The molecule has 0 unspecified atom stereocenters. The second-order valence-corrected chi connectivity index (χ2v) is 7.90. The van der Waals surface area contributed by atoms with E-state index in [0.717, 1.165) is 6.26 Å². The van der Waals surface area contributed by atoms with Crippen LogP contribution in [0.1, 0.15) is 5.56 Å². The quantitative estimate of drug-likeness (QED) is 0.743. The van der Waals surface area contributed by atoms with E-state index in [4.69, 9.17) is 11.0 Å². The molecule has 1 rings (SSSR count). The van der Waals surface area contributed by atoms with Gasteiger partial charge in [0.25, 0.3) is 0 Å². The van der Waals surface area contributed by atoms with Crippen LogP contribution < -0.4 is 10.5 Å². The van der Waals surface area contributed by atoms with Gasteiger partial charge in [-0.3, -0.25) is 4.72 Å². The fourth-order valence-corrected chi connectivity index (χ4v) is 4.22. The summed E-state index contributed by atoms with van der Waals surface area (Å²) in [6, 6.07) is 5.80. The Balaban J connectivity index is 3.03. The standard InChI is InChI=1S/C9H11N3O4S2/c1-17(13,14)6-18(15,16)12-9-3-2-7(5-10)4-8(9)11/h2-4,12H,6,11H2,1H3. The zero-order valence-corrected chi connectivity index (χ0v) is 11.0. The molecule has 0 saturated heterocycles. The van der Waals surface area contributed by atoms with Crippen molar-refractivity contribution in [3.63, 3.8) is 0 Å². The van der Waals surface area contributed by atoms with Crippen LogP contribution in [0.5, 0.6) is 0 Å². The van der Waals surface area contributed by atoms with E-state index in [9.17, 15) is 16.8 Å². The van der Waals surface area contributed by atoms with Gasteiger partial charge in [0.1, 0.15) is 0 Å². The summed E-state index contributed by atoms with van der Waals surface area (Å²) >= 11 is 0. The van der Waals surface area contributed by atoms with Gasteiger partial charge in [0.05, 0.1) is 23.0 Å². The van der Waals surface area contributed by atoms with Gasteiger partial charge in [0.2, 0.25) is 10.0 Å². The predicted molar refractivity (Wildman–Crippen MR) is 67.8 cm³/mol. The number of anilines is 2. The van der Waals surface area contributed by atoms with Gasteiger partial charge >= 0.3 is 0 Å². The summed E-state index contributed by atoms with van der Waals surface area (Å²) in [5.41, 5.74) is 5.90. The summed E-state index contributed by atoms with van der Waals surface area (Å²) in [4.78, 5) is 0. The molecule has 0 fully saturated rings. The second kappa shape index (κ2) is 4.83. The normalized spacial score (nSPS) is 11.8. The highest BCUT2D eigenvalue weighted by Crippen LogP contribution is 2.21. The third-order valence-corrected chi connectivity index (χ3v) is 5.30. The first kappa shape index (κ1) is 14.3. The molecule has 98 valence electrons. The Morgan fingerprint density at radius 3 is 2.39 bits per heavy atom. The number of sulfonamides is 1. The van der Waals surface area contributed by atoms with Crippen LogP contribution in [-0.2, 0) is 19.9 Å². The minimum atomic E-state index is -4.04. The first-order chi connectivity index (χ1) is 8.13. The number of hydrogen-bond acceptors (Lipinski definition) is 6. The topological polar surface area (TPSA) is 130 Å². The number of nitriles is 1. The van der Waals surface area contributed by atoms with Gasteiger partial charge in [-0.2, -0.15) is 5.26 Å². The molecule has 0 aliphatic heterocycles. The fraction of sp³-hybridized carbons (Fsp3) is 0.222. The van der Waals surface area contributed by atoms with E-state index in [1.165, 1.54) is 18.2 Å². The van der Waals surface area contributed by atoms with Gasteiger partial charge in [0.15, 0.2) is 14.9 Å². The molecule has 1 aromatic carbocycles. The van der Waals surface area contributed by atoms with Crippen molar-refractivity contribution in [2.45, 2.75) is 0 Å². The van der Waals surface area contributed by atoms with Crippen molar-refractivity contribution in [1.82, 2.24) is 0 Å². The summed E-state index contributed by atoms with van der Waals surface area (Å²) in [7, 11) is -7.71. The molecule has 0 saturated carbocycles. The van der Waals surface area contributed by atoms with Crippen molar-refractivity contribution < 1.29 is 16.8 Å². The smallest absolute Gasteiger partial charge is 0.247 e. The van der Waals surface area contributed by atoms with Crippen molar-refractivity contribution in [3.05, 3.63) is 23.8 Å². The minimum Gasteiger partial charge on any atom is -0.397 e. The molecule has 7 nitrogen and oxygen atoms in total. The second-order valence-electron chi connectivity index (χ2n) is 3.67. The maximum Gasteiger partial charge on any atom is 0.247 e. The number of nitrogens with zero attached hydrogens (tertiary/aromatic N) is 1. The van der Waals surface area contributed by atoms with Crippen LogP contribution >= 0.6 is 0 Å². The number of nitrogens with one attached hydrogen (secondary N) is 1. The van der Waals surface area contributed by atoms with Gasteiger partial charge in [-0.1, -0.05) is 0 Å². The number of nitrogens with two attached hydrogens (primary N) is 1. The molecule has 9 heteroatoms. The van der Waals surface area contributed by atoms with E-state index in [-0.39, 0.29) is 16.9 Å². The number of hydrogen-bond donors (Lipinski definition) is 2. The zero-order chi connectivity index (χ0) is 14.0. The first-order valence-electron chi connectivity index (χ1n) is 4.61.